The van der Waals surface area contributed by atoms with E-state index in [4.69, 9.17) is 5.26 Å². The number of hydrogen-bond donors (Lipinski definition) is 2. The fourth-order valence-electron chi connectivity index (χ4n) is 1.59. The summed E-state index contributed by atoms with van der Waals surface area (Å²) in [5.74, 6) is -0.0920. The van der Waals surface area contributed by atoms with Crippen molar-refractivity contribution in [2.45, 2.75) is 13.5 Å². The number of likely N-dealkylation sites (N-methyl/N-ethyl adjacent to an activating group) is 1. The van der Waals surface area contributed by atoms with Gasteiger partial charge in [0, 0.05) is 26.2 Å². The number of carbonyl (C=O) groups excluding carboxylic acids is 1. The average Bonchev–Trinajstić information content (AvgIpc) is 2.50. The van der Waals surface area contributed by atoms with Crippen LogP contribution in [-0.2, 0) is 11.3 Å². The Morgan fingerprint density at radius 1 is 1.41 bits per heavy atom. The van der Waals surface area contributed by atoms with Gasteiger partial charge < -0.3 is 15.5 Å². The van der Waals surface area contributed by atoms with Crippen LogP contribution in [0.1, 0.15) is 18.1 Å². The fourth-order valence-corrected chi connectivity index (χ4v) is 1.59. The monoisotopic (exact) mass is 305 g/mol. The largest absolute Gasteiger partial charge is 0.357 e. The summed E-state index contributed by atoms with van der Waals surface area (Å²) in [5, 5.41) is 14.7. The van der Waals surface area contributed by atoms with Gasteiger partial charge in [0.05, 0.1) is 24.7 Å². The van der Waals surface area contributed by atoms with Crippen LogP contribution in [0.2, 0.25) is 0 Å². The predicted molar refractivity (Wildman–Crippen MR) is 82.6 cm³/mol. The average molecular weight is 305 g/mol. The third-order valence-corrected chi connectivity index (χ3v) is 2.83. The van der Waals surface area contributed by atoms with E-state index >= 15 is 0 Å². The van der Waals surface area contributed by atoms with Crippen LogP contribution in [0.3, 0.4) is 0 Å². The molecule has 0 radical (unpaired) electrons. The third-order valence-electron chi connectivity index (χ3n) is 2.83. The van der Waals surface area contributed by atoms with E-state index < -0.39 is 5.82 Å². The summed E-state index contributed by atoms with van der Waals surface area (Å²) in [6.07, 6.45) is 0. The molecule has 0 aromatic heterocycles. The number of carbonyl (C=O) groups is 1. The van der Waals surface area contributed by atoms with Crippen molar-refractivity contribution in [3.05, 3.63) is 35.1 Å². The number of nitriles is 1. The van der Waals surface area contributed by atoms with Crippen molar-refractivity contribution in [3.63, 3.8) is 0 Å². The molecule has 1 aromatic carbocycles. The van der Waals surface area contributed by atoms with E-state index in [2.05, 4.69) is 15.6 Å². The normalized spacial score (nSPS) is 10.8. The summed E-state index contributed by atoms with van der Waals surface area (Å²) in [6.45, 7) is 2.68. The number of hydrogen-bond acceptors (Lipinski definition) is 3. The third kappa shape index (κ3) is 5.40. The Labute approximate surface area is 129 Å². The molecule has 22 heavy (non-hydrogen) atoms. The number of halogens is 1. The van der Waals surface area contributed by atoms with Gasteiger partial charge >= 0.3 is 0 Å². The van der Waals surface area contributed by atoms with Crippen LogP contribution in [-0.4, -0.2) is 44.0 Å². The molecule has 1 aromatic rings. The lowest BCUT2D eigenvalue weighted by Crippen LogP contribution is -2.42. The Morgan fingerprint density at radius 2 is 2.14 bits per heavy atom. The van der Waals surface area contributed by atoms with E-state index in [1.165, 1.54) is 23.1 Å². The molecule has 0 saturated heterocycles. The van der Waals surface area contributed by atoms with E-state index in [1.807, 2.05) is 13.0 Å². The van der Waals surface area contributed by atoms with Crippen LogP contribution >= 0.6 is 0 Å². The first kappa shape index (κ1) is 17.4. The lowest BCUT2D eigenvalue weighted by Gasteiger charge is -2.14. The summed E-state index contributed by atoms with van der Waals surface area (Å²) in [6, 6.07) is 6.10. The Balaban J connectivity index is 2.77. The summed E-state index contributed by atoms with van der Waals surface area (Å²) in [4.78, 5) is 17.2. The minimum absolute atomic E-state index is 0.0762. The Bertz CT molecular complexity index is 592. The Hall–Kier alpha value is -2.62. The van der Waals surface area contributed by atoms with Crippen molar-refractivity contribution >= 4 is 11.9 Å². The topological polar surface area (TPSA) is 80.5 Å². The molecule has 2 N–H and O–H groups in total. The van der Waals surface area contributed by atoms with Gasteiger partial charge in [0.25, 0.3) is 0 Å². The second-order valence-electron chi connectivity index (χ2n) is 4.75. The van der Waals surface area contributed by atoms with Crippen molar-refractivity contribution in [2.24, 2.45) is 4.99 Å². The molecule has 0 bridgehead atoms. The van der Waals surface area contributed by atoms with Gasteiger partial charge in [0.1, 0.15) is 5.82 Å². The van der Waals surface area contributed by atoms with Crippen LogP contribution in [0.4, 0.5) is 4.39 Å². The molecular formula is C15H20FN5O. The maximum atomic E-state index is 13.7. The van der Waals surface area contributed by atoms with E-state index in [0.717, 1.165) is 0 Å². The number of aliphatic imine (C=N–C) groups is 1. The lowest BCUT2D eigenvalue weighted by molar-refractivity contribution is -0.127. The van der Waals surface area contributed by atoms with Crippen molar-refractivity contribution in [1.29, 1.82) is 5.26 Å². The van der Waals surface area contributed by atoms with E-state index in [-0.39, 0.29) is 19.0 Å². The quantitative estimate of drug-likeness (QED) is 0.624. The smallest absolute Gasteiger partial charge is 0.241 e. The Kier molecular flexibility index (Phi) is 6.83. The highest BCUT2D eigenvalue weighted by Gasteiger charge is 2.07. The van der Waals surface area contributed by atoms with Gasteiger partial charge in [-0.1, -0.05) is 0 Å². The van der Waals surface area contributed by atoms with Crippen molar-refractivity contribution < 1.29 is 9.18 Å². The maximum Gasteiger partial charge on any atom is 0.241 e. The number of benzene rings is 1. The first-order valence-electron chi connectivity index (χ1n) is 6.88. The zero-order chi connectivity index (χ0) is 16.5. The second-order valence-corrected chi connectivity index (χ2v) is 4.75. The van der Waals surface area contributed by atoms with Gasteiger partial charge in [-0.15, -0.1) is 0 Å². The molecule has 6 nitrogen and oxygen atoms in total. The number of rotatable bonds is 5. The number of guanidine groups is 1. The number of nitrogens with zero attached hydrogens (tertiary/aromatic N) is 3. The number of nitrogens with one attached hydrogen (secondary N) is 2. The molecule has 0 heterocycles. The maximum absolute atomic E-state index is 13.7. The second kappa shape index (κ2) is 8.62. The SMILES string of the molecule is CCNC(=NCc1cc(C#N)ccc1F)NCC(=O)N(C)C. The van der Waals surface area contributed by atoms with Crippen molar-refractivity contribution in [1.82, 2.24) is 15.5 Å². The molecule has 0 atom stereocenters. The standard InChI is InChI=1S/C15H20FN5O/c1-4-18-15(20-10-14(22)21(2)3)19-9-12-7-11(8-17)5-6-13(12)16/h5-7H,4,9-10H2,1-3H3,(H2,18,19,20). The van der Waals surface area contributed by atoms with Crippen LogP contribution < -0.4 is 10.6 Å². The summed E-state index contributed by atoms with van der Waals surface area (Å²) < 4.78 is 13.7. The highest BCUT2D eigenvalue weighted by molar-refractivity contribution is 5.86. The summed E-state index contributed by atoms with van der Waals surface area (Å²) >= 11 is 0. The molecule has 118 valence electrons. The molecule has 7 heteroatoms. The van der Waals surface area contributed by atoms with E-state index in [1.54, 1.807) is 14.1 Å². The summed E-state index contributed by atoms with van der Waals surface area (Å²) in [7, 11) is 3.33. The molecule has 0 spiro atoms. The van der Waals surface area contributed by atoms with Gasteiger partial charge in [-0.05, 0) is 25.1 Å². The van der Waals surface area contributed by atoms with E-state index in [9.17, 15) is 9.18 Å². The summed E-state index contributed by atoms with van der Waals surface area (Å²) in [5.41, 5.74) is 0.711. The fraction of sp³-hybridized carbons (Fsp3) is 0.400. The molecule has 0 saturated carbocycles. The first-order valence-corrected chi connectivity index (χ1v) is 6.88. The van der Waals surface area contributed by atoms with Gasteiger partial charge in [0.2, 0.25) is 5.91 Å². The van der Waals surface area contributed by atoms with Crippen LogP contribution in [0, 0.1) is 17.1 Å². The van der Waals surface area contributed by atoms with Crippen LogP contribution in [0.5, 0.6) is 0 Å². The molecule has 1 rings (SSSR count). The molecule has 1 amide bonds. The zero-order valence-corrected chi connectivity index (χ0v) is 13.0. The molecular weight excluding hydrogens is 285 g/mol. The first-order chi connectivity index (χ1) is 10.5. The van der Waals surface area contributed by atoms with Crippen LogP contribution in [0.15, 0.2) is 23.2 Å². The van der Waals surface area contributed by atoms with Gasteiger partial charge in [-0.2, -0.15) is 5.26 Å². The molecule has 0 aliphatic carbocycles. The molecule has 0 fully saturated rings. The van der Waals surface area contributed by atoms with Gasteiger partial charge in [-0.25, -0.2) is 9.38 Å². The van der Waals surface area contributed by atoms with E-state index in [0.29, 0.717) is 23.6 Å². The predicted octanol–water partition coefficient (Wildman–Crippen LogP) is 0.841. The van der Waals surface area contributed by atoms with Crippen molar-refractivity contribution in [3.8, 4) is 6.07 Å². The zero-order valence-electron chi connectivity index (χ0n) is 13.0. The highest BCUT2D eigenvalue weighted by Crippen LogP contribution is 2.11. The minimum Gasteiger partial charge on any atom is -0.357 e. The molecule has 0 aliphatic rings. The van der Waals surface area contributed by atoms with Gasteiger partial charge in [0.15, 0.2) is 5.96 Å². The van der Waals surface area contributed by atoms with Gasteiger partial charge in [-0.3, -0.25) is 4.79 Å². The molecule has 0 aliphatic heterocycles. The number of amides is 1. The Morgan fingerprint density at radius 3 is 2.73 bits per heavy atom. The van der Waals surface area contributed by atoms with Crippen molar-refractivity contribution in [2.75, 3.05) is 27.2 Å². The van der Waals surface area contributed by atoms with Crippen LogP contribution in [0.25, 0.3) is 0 Å². The highest BCUT2D eigenvalue weighted by atomic mass is 19.1. The minimum atomic E-state index is -0.414. The molecule has 0 unspecified atom stereocenters. The lowest BCUT2D eigenvalue weighted by atomic mass is 10.1.